The van der Waals surface area contributed by atoms with Gasteiger partial charge in [0, 0.05) is 17.8 Å². The third-order valence-electron chi connectivity index (χ3n) is 1.89. The summed E-state index contributed by atoms with van der Waals surface area (Å²) in [7, 11) is 0. The quantitative estimate of drug-likeness (QED) is 0.664. The smallest absolute Gasteiger partial charge is 0.164 e. The van der Waals surface area contributed by atoms with Crippen molar-refractivity contribution in [3.05, 3.63) is 29.3 Å². The first-order chi connectivity index (χ1) is 5.29. The molecule has 0 fully saturated rings. The van der Waals surface area contributed by atoms with E-state index >= 15 is 0 Å². The van der Waals surface area contributed by atoms with Crippen LogP contribution in [-0.4, -0.2) is 6.54 Å². The highest BCUT2D eigenvalue weighted by Crippen LogP contribution is 2.25. The maximum absolute atomic E-state index is 12.9. The van der Waals surface area contributed by atoms with Gasteiger partial charge in [0.15, 0.2) is 11.6 Å². The van der Waals surface area contributed by atoms with Crippen molar-refractivity contribution in [2.75, 3.05) is 11.9 Å². The third-order valence-corrected chi connectivity index (χ3v) is 1.89. The van der Waals surface area contributed by atoms with E-state index in [0.29, 0.717) is 18.5 Å². The normalized spacial score (nSPS) is 13.2. The van der Waals surface area contributed by atoms with Crippen LogP contribution in [0.1, 0.15) is 5.56 Å². The minimum atomic E-state index is -0.757. The molecule has 4 heteroatoms. The van der Waals surface area contributed by atoms with Crippen molar-refractivity contribution in [1.82, 2.24) is 0 Å². The molecule has 0 unspecified atom stereocenters. The first kappa shape index (κ1) is 9.26. The van der Waals surface area contributed by atoms with Crippen LogP contribution in [0.15, 0.2) is 12.1 Å². The highest BCUT2D eigenvalue weighted by atomic mass is 35.5. The van der Waals surface area contributed by atoms with Crippen molar-refractivity contribution in [2.24, 2.45) is 0 Å². The fraction of sp³-hybridized carbons (Fsp3) is 0.250. The van der Waals surface area contributed by atoms with Crippen molar-refractivity contribution < 1.29 is 8.78 Å². The minimum Gasteiger partial charge on any atom is -0.384 e. The molecule has 1 aliphatic rings. The molecule has 1 aromatic carbocycles. The van der Waals surface area contributed by atoms with E-state index in [4.69, 9.17) is 0 Å². The Morgan fingerprint density at radius 1 is 1.25 bits per heavy atom. The van der Waals surface area contributed by atoms with Crippen LogP contribution in [0.25, 0.3) is 0 Å². The first-order valence-corrected chi connectivity index (χ1v) is 3.50. The Morgan fingerprint density at radius 3 is 2.75 bits per heavy atom. The van der Waals surface area contributed by atoms with E-state index in [1.807, 2.05) is 0 Å². The molecule has 1 N–H and O–H groups in total. The highest BCUT2D eigenvalue weighted by Gasteiger charge is 2.16. The highest BCUT2D eigenvalue weighted by molar-refractivity contribution is 5.85. The second-order valence-electron chi connectivity index (χ2n) is 2.56. The molecule has 0 atom stereocenters. The SMILES string of the molecule is Cl.Fc1ccc2c(c1F)CCN2. The fourth-order valence-corrected chi connectivity index (χ4v) is 1.32. The summed E-state index contributed by atoms with van der Waals surface area (Å²) in [4.78, 5) is 0. The molecule has 0 saturated heterocycles. The Labute approximate surface area is 75.2 Å². The van der Waals surface area contributed by atoms with Crippen molar-refractivity contribution >= 4 is 18.1 Å². The number of nitrogens with one attached hydrogen (secondary N) is 1. The maximum Gasteiger partial charge on any atom is 0.164 e. The molecule has 12 heavy (non-hydrogen) atoms. The molecular weight excluding hydrogens is 184 g/mol. The van der Waals surface area contributed by atoms with Crippen LogP contribution in [0.3, 0.4) is 0 Å². The van der Waals surface area contributed by atoms with Crippen molar-refractivity contribution in [3.63, 3.8) is 0 Å². The van der Waals surface area contributed by atoms with Gasteiger partial charge in [-0.1, -0.05) is 0 Å². The number of anilines is 1. The zero-order valence-electron chi connectivity index (χ0n) is 6.23. The molecule has 66 valence electrons. The topological polar surface area (TPSA) is 12.0 Å². The van der Waals surface area contributed by atoms with Crippen molar-refractivity contribution in [3.8, 4) is 0 Å². The van der Waals surface area contributed by atoms with Gasteiger partial charge in [0.25, 0.3) is 0 Å². The van der Waals surface area contributed by atoms with Gasteiger partial charge >= 0.3 is 0 Å². The predicted molar refractivity (Wildman–Crippen MR) is 45.8 cm³/mol. The molecule has 0 radical (unpaired) electrons. The summed E-state index contributed by atoms with van der Waals surface area (Å²) in [6.07, 6.45) is 0.582. The maximum atomic E-state index is 12.9. The van der Waals surface area contributed by atoms with Gasteiger partial charge in [-0.2, -0.15) is 0 Å². The molecule has 2 rings (SSSR count). The van der Waals surface area contributed by atoms with Crippen LogP contribution in [0.4, 0.5) is 14.5 Å². The van der Waals surface area contributed by atoms with E-state index in [-0.39, 0.29) is 12.4 Å². The number of hydrogen-bond acceptors (Lipinski definition) is 1. The van der Waals surface area contributed by atoms with Gasteiger partial charge in [-0.15, -0.1) is 12.4 Å². The molecule has 0 saturated carbocycles. The lowest BCUT2D eigenvalue weighted by Crippen LogP contribution is -1.90. The molecule has 1 heterocycles. The standard InChI is InChI=1S/C8H7F2N.ClH/c9-6-1-2-7-5(8(6)10)3-4-11-7;/h1-2,11H,3-4H2;1H. The lowest BCUT2D eigenvalue weighted by Gasteiger charge is -1.99. The van der Waals surface area contributed by atoms with Crippen LogP contribution in [0, 0.1) is 11.6 Å². The lowest BCUT2D eigenvalue weighted by atomic mass is 10.1. The van der Waals surface area contributed by atoms with Crippen LogP contribution >= 0.6 is 12.4 Å². The van der Waals surface area contributed by atoms with E-state index in [1.165, 1.54) is 0 Å². The number of rotatable bonds is 0. The second kappa shape index (κ2) is 3.27. The van der Waals surface area contributed by atoms with Gasteiger partial charge in [0.2, 0.25) is 0 Å². The third kappa shape index (κ3) is 1.25. The lowest BCUT2D eigenvalue weighted by molar-refractivity contribution is 0.502. The summed E-state index contributed by atoms with van der Waals surface area (Å²) < 4.78 is 25.5. The largest absolute Gasteiger partial charge is 0.384 e. The Morgan fingerprint density at radius 2 is 2.00 bits per heavy atom. The number of halogens is 3. The molecule has 0 bridgehead atoms. The summed E-state index contributed by atoms with van der Waals surface area (Å²) in [6.45, 7) is 0.704. The number of benzene rings is 1. The summed E-state index contributed by atoms with van der Waals surface area (Å²) >= 11 is 0. The molecule has 0 aromatic heterocycles. The Kier molecular flexibility index (Phi) is 2.52. The van der Waals surface area contributed by atoms with E-state index in [2.05, 4.69) is 5.32 Å². The van der Waals surface area contributed by atoms with E-state index < -0.39 is 11.6 Å². The van der Waals surface area contributed by atoms with Gasteiger partial charge in [0.05, 0.1) is 0 Å². The molecule has 0 amide bonds. The molecule has 0 aliphatic carbocycles. The van der Waals surface area contributed by atoms with Crippen LogP contribution in [0.5, 0.6) is 0 Å². The average molecular weight is 192 g/mol. The van der Waals surface area contributed by atoms with Gasteiger partial charge in [-0.3, -0.25) is 0 Å². The van der Waals surface area contributed by atoms with Gasteiger partial charge in [0.1, 0.15) is 0 Å². The van der Waals surface area contributed by atoms with E-state index in [0.717, 1.165) is 11.8 Å². The predicted octanol–water partition coefficient (Wildman–Crippen LogP) is 2.35. The molecule has 1 aromatic rings. The Balaban J connectivity index is 0.000000720. The monoisotopic (exact) mass is 191 g/mol. The van der Waals surface area contributed by atoms with Crippen LogP contribution in [0.2, 0.25) is 0 Å². The summed E-state index contributed by atoms with van der Waals surface area (Å²) in [6, 6.07) is 2.72. The summed E-state index contributed by atoms with van der Waals surface area (Å²) in [5, 5.41) is 2.96. The first-order valence-electron chi connectivity index (χ1n) is 3.50. The molecular formula is C8H8ClF2N. The average Bonchev–Trinajstić information content (AvgIpc) is 2.45. The fourth-order valence-electron chi connectivity index (χ4n) is 1.32. The minimum absolute atomic E-state index is 0. The zero-order chi connectivity index (χ0) is 7.84. The zero-order valence-corrected chi connectivity index (χ0v) is 7.05. The van der Waals surface area contributed by atoms with Gasteiger partial charge in [-0.25, -0.2) is 8.78 Å². The van der Waals surface area contributed by atoms with Crippen LogP contribution < -0.4 is 5.32 Å². The Hall–Kier alpha value is -0.830. The van der Waals surface area contributed by atoms with Crippen molar-refractivity contribution in [1.29, 1.82) is 0 Å². The van der Waals surface area contributed by atoms with Crippen molar-refractivity contribution in [2.45, 2.75) is 6.42 Å². The van der Waals surface area contributed by atoms with E-state index in [1.54, 1.807) is 6.07 Å². The Bertz CT molecular complexity index is 301. The van der Waals surface area contributed by atoms with Gasteiger partial charge in [-0.05, 0) is 18.6 Å². The number of fused-ring (bicyclic) bond motifs is 1. The second-order valence-corrected chi connectivity index (χ2v) is 2.56. The van der Waals surface area contributed by atoms with Gasteiger partial charge < -0.3 is 5.32 Å². The van der Waals surface area contributed by atoms with Crippen LogP contribution in [-0.2, 0) is 6.42 Å². The number of hydrogen-bond donors (Lipinski definition) is 1. The molecule has 1 nitrogen and oxygen atoms in total. The van der Waals surface area contributed by atoms with E-state index in [9.17, 15) is 8.78 Å². The molecule has 0 spiro atoms. The summed E-state index contributed by atoms with van der Waals surface area (Å²) in [5.74, 6) is -1.46. The summed E-state index contributed by atoms with van der Waals surface area (Å²) in [5.41, 5.74) is 1.20. The molecule has 1 aliphatic heterocycles.